The highest BCUT2D eigenvalue weighted by Crippen LogP contribution is 2.38. The van der Waals surface area contributed by atoms with Gasteiger partial charge in [-0.15, -0.1) is 0 Å². The summed E-state index contributed by atoms with van der Waals surface area (Å²) < 4.78 is 82.5. The third kappa shape index (κ3) is 3.65. The van der Waals surface area contributed by atoms with Gasteiger partial charge in [-0.2, -0.15) is 26.3 Å². The Labute approximate surface area is 167 Å². The third-order valence-corrected chi connectivity index (χ3v) is 4.78. The number of hydrogen-bond donors (Lipinski definition) is 0. The van der Waals surface area contributed by atoms with Crippen LogP contribution in [0.4, 0.5) is 26.3 Å². The second kappa shape index (κ2) is 7.19. The van der Waals surface area contributed by atoms with Crippen LogP contribution in [0.3, 0.4) is 0 Å². The van der Waals surface area contributed by atoms with Crippen molar-refractivity contribution in [3.05, 3.63) is 89.5 Å². The van der Waals surface area contributed by atoms with Crippen LogP contribution >= 0.6 is 0 Å². The van der Waals surface area contributed by atoms with E-state index in [9.17, 15) is 26.3 Å². The van der Waals surface area contributed by atoms with Gasteiger partial charge in [0.2, 0.25) is 0 Å². The zero-order valence-corrected chi connectivity index (χ0v) is 15.3. The lowest BCUT2D eigenvalue weighted by molar-refractivity contribution is -0.138. The number of para-hydroxylation sites is 2. The van der Waals surface area contributed by atoms with E-state index in [1.165, 1.54) is 41.0 Å². The molecule has 0 radical (unpaired) electrons. The molecule has 154 valence electrons. The van der Waals surface area contributed by atoms with Gasteiger partial charge in [-0.1, -0.05) is 48.5 Å². The predicted octanol–water partition coefficient (Wildman–Crippen LogP) is 6.79. The van der Waals surface area contributed by atoms with E-state index in [-0.39, 0.29) is 23.5 Å². The molecule has 0 saturated carbocycles. The average Bonchev–Trinajstić information content (AvgIpc) is 3.05. The van der Waals surface area contributed by atoms with E-state index in [1.54, 1.807) is 24.3 Å². The monoisotopic (exact) mass is 420 g/mol. The maximum Gasteiger partial charge on any atom is 0.417 e. The number of fused-ring (bicyclic) bond motifs is 1. The summed E-state index contributed by atoms with van der Waals surface area (Å²) in [5.74, 6) is -0.0406. The van der Waals surface area contributed by atoms with Crippen LogP contribution < -0.4 is 0 Å². The van der Waals surface area contributed by atoms with Gasteiger partial charge in [0.05, 0.1) is 28.7 Å². The Kier molecular flexibility index (Phi) is 4.80. The molecule has 0 aliphatic heterocycles. The van der Waals surface area contributed by atoms with Crippen LogP contribution in [0.1, 0.15) is 16.7 Å². The van der Waals surface area contributed by atoms with Crippen molar-refractivity contribution in [3.8, 4) is 11.4 Å². The number of nitrogens with zero attached hydrogens (tertiary/aromatic N) is 2. The first-order valence-corrected chi connectivity index (χ1v) is 8.93. The Morgan fingerprint density at radius 1 is 0.667 bits per heavy atom. The maximum absolute atomic E-state index is 13.6. The number of halogens is 6. The highest BCUT2D eigenvalue weighted by atomic mass is 19.4. The quantitative estimate of drug-likeness (QED) is 0.334. The highest BCUT2D eigenvalue weighted by molar-refractivity contribution is 5.81. The van der Waals surface area contributed by atoms with Gasteiger partial charge in [-0.25, -0.2) is 4.98 Å². The van der Waals surface area contributed by atoms with Crippen LogP contribution in [-0.2, 0) is 18.9 Å². The fourth-order valence-corrected chi connectivity index (χ4v) is 3.47. The normalized spacial score (nSPS) is 12.5. The number of hydrogen-bond acceptors (Lipinski definition) is 1. The molecule has 0 aliphatic rings. The summed E-state index contributed by atoms with van der Waals surface area (Å²) in [6.07, 6.45) is -9.22. The van der Waals surface area contributed by atoms with Gasteiger partial charge < -0.3 is 4.57 Å². The Bertz CT molecular complexity index is 1200. The molecule has 3 aromatic carbocycles. The van der Waals surface area contributed by atoms with Crippen molar-refractivity contribution in [2.75, 3.05) is 0 Å². The highest BCUT2D eigenvalue weighted by Gasteiger charge is 2.36. The lowest BCUT2D eigenvalue weighted by atomic mass is 10.0. The fraction of sp³-hybridized carbons (Fsp3) is 0.136. The second-order valence-corrected chi connectivity index (χ2v) is 6.71. The maximum atomic E-state index is 13.6. The molecule has 0 aliphatic carbocycles. The fourth-order valence-electron chi connectivity index (χ4n) is 3.47. The average molecular weight is 420 g/mol. The Morgan fingerprint density at radius 2 is 1.23 bits per heavy atom. The van der Waals surface area contributed by atoms with E-state index in [0.717, 1.165) is 12.1 Å². The molecular formula is C22H14F6N2. The van der Waals surface area contributed by atoms with Crippen molar-refractivity contribution in [2.45, 2.75) is 18.9 Å². The summed E-state index contributed by atoms with van der Waals surface area (Å²) in [4.78, 5) is 4.33. The first kappa shape index (κ1) is 20.0. The van der Waals surface area contributed by atoms with Crippen molar-refractivity contribution >= 4 is 11.0 Å². The van der Waals surface area contributed by atoms with Crippen molar-refractivity contribution in [2.24, 2.45) is 0 Å². The number of benzene rings is 3. The predicted molar refractivity (Wildman–Crippen MR) is 101 cm³/mol. The molecule has 0 N–H and O–H groups in total. The summed E-state index contributed by atoms with van der Waals surface area (Å²) in [5.41, 5.74) is -1.14. The smallest absolute Gasteiger partial charge is 0.319 e. The molecule has 0 spiro atoms. The zero-order valence-electron chi connectivity index (χ0n) is 15.3. The zero-order chi connectivity index (χ0) is 21.5. The van der Waals surface area contributed by atoms with Crippen LogP contribution in [0.5, 0.6) is 0 Å². The molecule has 0 amide bonds. The Balaban J connectivity index is 1.96. The largest absolute Gasteiger partial charge is 0.417 e. The van der Waals surface area contributed by atoms with Crippen LogP contribution in [-0.4, -0.2) is 9.55 Å². The molecule has 0 fully saturated rings. The topological polar surface area (TPSA) is 17.8 Å². The molecule has 30 heavy (non-hydrogen) atoms. The minimum absolute atomic E-state index is 0.0406. The molecular weight excluding hydrogens is 406 g/mol. The Hall–Kier alpha value is -3.29. The first-order chi connectivity index (χ1) is 14.2. The van der Waals surface area contributed by atoms with Crippen molar-refractivity contribution in [1.29, 1.82) is 0 Å². The summed E-state index contributed by atoms with van der Waals surface area (Å²) in [7, 11) is 0. The molecule has 4 aromatic rings. The van der Waals surface area contributed by atoms with Gasteiger partial charge in [-0.3, -0.25) is 0 Å². The molecule has 0 saturated heterocycles. The summed E-state index contributed by atoms with van der Waals surface area (Å²) in [6, 6.07) is 16.5. The molecule has 8 heteroatoms. The molecule has 1 heterocycles. The lowest BCUT2D eigenvalue weighted by Crippen LogP contribution is -2.13. The number of rotatable bonds is 3. The molecule has 2 nitrogen and oxygen atoms in total. The van der Waals surface area contributed by atoms with Crippen molar-refractivity contribution in [3.63, 3.8) is 0 Å². The van der Waals surface area contributed by atoms with Gasteiger partial charge in [0.15, 0.2) is 0 Å². The summed E-state index contributed by atoms with van der Waals surface area (Å²) in [6.45, 7) is -0.280. The van der Waals surface area contributed by atoms with E-state index < -0.39 is 23.5 Å². The number of aromatic nitrogens is 2. The van der Waals surface area contributed by atoms with Crippen molar-refractivity contribution < 1.29 is 26.3 Å². The van der Waals surface area contributed by atoms with E-state index in [4.69, 9.17) is 0 Å². The summed E-state index contributed by atoms with van der Waals surface area (Å²) >= 11 is 0. The molecule has 4 rings (SSSR count). The van der Waals surface area contributed by atoms with Crippen LogP contribution in [0, 0.1) is 0 Å². The summed E-state index contributed by atoms with van der Waals surface area (Å²) in [5, 5.41) is 0. The van der Waals surface area contributed by atoms with E-state index in [2.05, 4.69) is 4.98 Å². The molecule has 0 unspecified atom stereocenters. The minimum Gasteiger partial charge on any atom is -0.319 e. The molecule has 1 aromatic heterocycles. The van der Waals surface area contributed by atoms with Gasteiger partial charge in [0.1, 0.15) is 5.82 Å². The van der Waals surface area contributed by atoms with Gasteiger partial charge >= 0.3 is 12.4 Å². The molecule has 0 atom stereocenters. The molecule has 0 bridgehead atoms. The second-order valence-electron chi connectivity index (χ2n) is 6.71. The lowest BCUT2D eigenvalue weighted by Gasteiger charge is -2.17. The van der Waals surface area contributed by atoms with Crippen LogP contribution in [0.25, 0.3) is 22.4 Å². The SMILES string of the molecule is FC(F)(F)c1ccccc1Cn1c(-c2ccccc2C(F)(F)F)nc2ccccc21. The number of imidazole rings is 1. The van der Waals surface area contributed by atoms with Gasteiger partial charge in [0, 0.05) is 5.56 Å². The van der Waals surface area contributed by atoms with Crippen LogP contribution in [0.15, 0.2) is 72.8 Å². The number of alkyl halides is 6. The third-order valence-electron chi connectivity index (χ3n) is 4.78. The van der Waals surface area contributed by atoms with E-state index >= 15 is 0 Å². The van der Waals surface area contributed by atoms with E-state index in [0.29, 0.717) is 11.0 Å². The Morgan fingerprint density at radius 3 is 1.93 bits per heavy atom. The van der Waals surface area contributed by atoms with Crippen molar-refractivity contribution in [1.82, 2.24) is 9.55 Å². The van der Waals surface area contributed by atoms with Gasteiger partial charge in [0.25, 0.3) is 0 Å². The van der Waals surface area contributed by atoms with Crippen LogP contribution in [0.2, 0.25) is 0 Å². The van der Waals surface area contributed by atoms with Gasteiger partial charge in [-0.05, 0) is 29.8 Å². The standard InChI is InChI=1S/C22H14F6N2/c23-21(24,25)16-9-3-1-7-14(16)13-30-19-12-6-5-11-18(19)29-20(30)15-8-2-4-10-17(15)22(26,27)28/h1-12H,13H2. The van der Waals surface area contributed by atoms with E-state index in [1.807, 2.05) is 0 Å². The minimum atomic E-state index is -4.64. The first-order valence-electron chi connectivity index (χ1n) is 8.93.